The Morgan fingerprint density at radius 2 is 1.49 bits per heavy atom. The minimum atomic E-state index is -0.505. The summed E-state index contributed by atoms with van der Waals surface area (Å²) in [5, 5.41) is 13.9. The first-order chi connectivity index (χ1) is 30.2. The molecule has 0 saturated carbocycles. The number of halogens is 1. The van der Waals surface area contributed by atoms with Gasteiger partial charge >= 0.3 is 0 Å². The molecule has 1 aliphatic carbocycles. The van der Waals surface area contributed by atoms with Gasteiger partial charge < -0.3 is 24.3 Å². The van der Waals surface area contributed by atoms with Crippen molar-refractivity contribution in [2.75, 3.05) is 58.1 Å². The SMILES string of the molecule is Cc1sc2c(c1C)C(c1ccc(Cl)cc1)=N[C@@H](CC(=O)Cc1ccc(OCCOCCOCCOCCNc3ccc(-c4ccc5c(c4)CC(=O)C5)cn3)cc1)c1nnc(C)n1-2.S. The smallest absolute Gasteiger partial charge is 0.163 e. The normalized spacial score (nSPS) is 14.0. The predicted octanol–water partition coefficient (Wildman–Crippen LogP) is 8.38. The molecule has 328 valence electrons. The lowest BCUT2D eigenvalue weighted by molar-refractivity contribution is -0.119. The fraction of sp³-hybridized carbons (Fsp3) is 0.333. The van der Waals surface area contributed by atoms with Crippen LogP contribution in [-0.4, -0.2) is 89.8 Å². The number of aryl methyl sites for hydroxylation is 2. The van der Waals surface area contributed by atoms with Crippen LogP contribution in [0.1, 0.15) is 62.4 Å². The molecule has 0 spiro atoms. The molecule has 3 aromatic carbocycles. The second-order valence-electron chi connectivity index (χ2n) is 15.4. The molecule has 0 unspecified atom stereocenters. The lowest BCUT2D eigenvalue weighted by atomic mass is 9.99. The number of hydrogen-bond acceptors (Lipinski definition) is 12. The Hall–Kier alpha value is -5.22. The number of ketones is 2. The van der Waals surface area contributed by atoms with Gasteiger partial charge in [-0.1, -0.05) is 54.1 Å². The number of Topliss-reactive ketones (excluding diaryl/α,β-unsaturated/α-hetero) is 2. The van der Waals surface area contributed by atoms with Crippen molar-refractivity contribution in [3.05, 3.63) is 140 Å². The number of fused-ring (bicyclic) bond motifs is 4. The Bertz CT molecular complexity index is 2560. The molecule has 1 aliphatic heterocycles. The molecule has 3 aromatic heterocycles. The third kappa shape index (κ3) is 11.3. The second kappa shape index (κ2) is 21.4. The lowest BCUT2D eigenvalue weighted by Crippen LogP contribution is -2.15. The molecule has 63 heavy (non-hydrogen) atoms. The maximum absolute atomic E-state index is 13.6. The summed E-state index contributed by atoms with van der Waals surface area (Å²) in [6, 6.07) is 24.9. The van der Waals surface area contributed by atoms with Crippen molar-refractivity contribution in [3.63, 3.8) is 0 Å². The number of hydrogen-bond donors (Lipinski definition) is 1. The zero-order valence-corrected chi connectivity index (χ0v) is 38.2. The van der Waals surface area contributed by atoms with Crippen LogP contribution in [0.25, 0.3) is 16.1 Å². The first-order valence-corrected chi connectivity index (χ1v) is 22.1. The van der Waals surface area contributed by atoms with Crippen molar-refractivity contribution < 1.29 is 28.5 Å². The monoisotopic (exact) mass is 906 g/mol. The van der Waals surface area contributed by atoms with E-state index in [0.717, 1.165) is 66.9 Å². The molecule has 0 fully saturated rings. The zero-order valence-electron chi connectivity index (χ0n) is 35.6. The summed E-state index contributed by atoms with van der Waals surface area (Å²) in [7, 11) is 0. The fourth-order valence-electron chi connectivity index (χ4n) is 7.66. The average Bonchev–Trinajstić information content (AvgIpc) is 3.91. The molecule has 0 radical (unpaired) electrons. The molecule has 4 heterocycles. The summed E-state index contributed by atoms with van der Waals surface area (Å²) >= 11 is 7.94. The Kier molecular flexibility index (Phi) is 15.6. The number of pyridine rings is 1. The van der Waals surface area contributed by atoms with Gasteiger partial charge in [-0.25, -0.2) is 4.98 Å². The number of anilines is 1. The highest BCUT2D eigenvalue weighted by Gasteiger charge is 2.32. The highest BCUT2D eigenvalue weighted by Crippen LogP contribution is 2.40. The largest absolute Gasteiger partial charge is 0.491 e. The van der Waals surface area contributed by atoms with E-state index in [-0.39, 0.29) is 37.9 Å². The van der Waals surface area contributed by atoms with E-state index in [4.69, 9.17) is 35.5 Å². The molecule has 15 heteroatoms. The number of carbonyl (C=O) groups is 2. The average molecular weight is 908 g/mol. The van der Waals surface area contributed by atoms with Crippen molar-refractivity contribution in [2.24, 2.45) is 4.99 Å². The van der Waals surface area contributed by atoms with Gasteiger partial charge in [0.2, 0.25) is 0 Å². The van der Waals surface area contributed by atoms with Crippen molar-refractivity contribution in [1.82, 2.24) is 19.7 Å². The van der Waals surface area contributed by atoms with Gasteiger partial charge in [0.1, 0.15) is 46.6 Å². The Labute approximate surface area is 383 Å². The third-order valence-corrected chi connectivity index (χ3v) is 12.4. The molecular formula is C48H51ClN6O6S2. The molecule has 0 amide bonds. The van der Waals surface area contributed by atoms with Crippen molar-refractivity contribution >= 4 is 59.5 Å². The number of thiophene rings is 1. The Morgan fingerprint density at radius 3 is 2.22 bits per heavy atom. The highest BCUT2D eigenvalue weighted by molar-refractivity contribution is 7.59. The topological polar surface area (TPSA) is 139 Å². The molecule has 6 aromatic rings. The summed E-state index contributed by atoms with van der Waals surface area (Å²) in [6.45, 7) is 10.00. The maximum atomic E-state index is 13.6. The van der Waals surface area contributed by atoms with E-state index in [1.807, 2.05) is 79.9 Å². The summed E-state index contributed by atoms with van der Waals surface area (Å²) in [5.41, 5.74) is 9.19. The van der Waals surface area contributed by atoms with E-state index in [1.54, 1.807) is 11.3 Å². The van der Waals surface area contributed by atoms with Crippen LogP contribution in [0, 0.1) is 20.8 Å². The zero-order chi connectivity index (χ0) is 43.0. The highest BCUT2D eigenvalue weighted by atomic mass is 35.5. The molecular weight excluding hydrogens is 856 g/mol. The second-order valence-corrected chi connectivity index (χ2v) is 17.0. The Balaban J connectivity index is 0.00000595. The van der Waals surface area contributed by atoms with E-state index in [1.165, 1.54) is 4.88 Å². The quantitative estimate of drug-likeness (QED) is 0.0744. The van der Waals surface area contributed by atoms with E-state index >= 15 is 0 Å². The van der Waals surface area contributed by atoms with E-state index in [2.05, 4.69) is 51.0 Å². The van der Waals surface area contributed by atoms with Crippen molar-refractivity contribution in [2.45, 2.75) is 52.5 Å². The number of nitrogens with one attached hydrogen (secondary N) is 1. The van der Waals surface area contributed by atoms with Crippen LogP contribution in [0.15, 0.2) is 90.1 Å². The fourth-order valence-corrected chi connectivity index (χ4v) is 9.00. The van der Waals surface area contributed by atoms with E-state index in [9.17, 15) is 9.59 Å². The van der Waals surface area contributed by atoms with E-state index in [0.29, 0.717) is 82.2 Å². The molecule has 1 atom stereocenters. The maximum Gasteiger partial charge on any atom is 0.163 e. The third-order valence-electron chi connectivity index (χ3n) is 11.0. The van der Waals surface area contributed by atoms with Gasteiger partial charge in [-0.3, -0.25) is 19.1 Å². The van der Waals surface area contributed by atoms with Crippen LogP contribution in [0.2, 0.25) is 5.02 Å². The molecule has 0 bridgehead atoms. The first-order valence-electron chi connectivity index (χ1n) is 20.9. The molecule has 8 rings (SSSR count). The van der Waals surface area contributed by atoms with Gasteiger partial charge in [0.25, 0.3) is 0 Å². The van der Waals surface area contributed by atoms with Crippen LogP contribution in [0.5, 0.6) is 5.75 Å². The van der Waals surface area contributed by atoms with Crippen LogP contribution < -0.4 is 10.1 Å². The first kappa shape index (κ1) is 45.8. The predicted molar refractivity (Wildman–Crippen MR) is 252 cm³/mol. The number of benzene rings is 3. The minimum absolute atomic E-state index is 0. The summed E-state index contributed by atoms with van der Waals surface area (Å²) < 4.78 is 24.9. The number of ether oxygens (including phenoxy) is 4. The van der Waals surface area contributed by atoms with E-state index < -0.39 is 6.04 Å². The van der Waals surface area contributed by atoms with Gasteiger partial charge in [-0.05, 0) is 85.0 Å². The van der Waals surface area contributed by atoms with Crippen molar-refractivity contribution in [3.8, 4) is 21.9 Å². The van der Waals surface area contributed by atoms with Crippen LogP contribution in [0.4, 0.5) is 5.82 Å². The number of aliphatic imine (C=N–C) groups is 1. The van der Waals surface area contributed by atoms with Crippen LogP contribution in [-0.2, 0) is 43.1 Å². The molecule has 1 N–H and O–H groups in total. The minimum Gasteiger partial charge on any atom is -0.491 e. The van der Waals surface area contributed by atoms with Gasteiger partial charge in [0.15, 0.2) is 5.82 Å². The number of rotatable bonds is 20. The van der Waals surface area contributed by atoms with Crippen molar-refractivity contribution in [1.29, 1.82) is 0 Å². The Morgan fingerprint density at radius 1 is 0.810 bits per heavy atom. The standard InChI is InChI=1S/C48H49ClN6O6S.H2S/c1-30-31(2)62-48-45(30)46(34-8-11-39(49)12-9-34)52-43(47-54-53-32(3)55(47)48)28-40(56)24-33-4-13-42(14-5-33)61-23-22-60-21-20-59-19-18-58-17-16-50-44-15-10-37(29-51-44)35-6-7-36-26-41(57)27-38(36)25-35;/h4-15,25,29,43H,16-24,26-28H2,1-3H3,(H,50,51);1H2/t43-;/m0./s1. The lowest BCUT2D eigenvalue weighted by Gasteiger charge is -2.13. The number of carbonyl (C=O) groups excluding carboxylic acids is 2. The molecule has 12 nitrogen and oxygen atoms in total. The number of nitrogens with zero attached hydrogens (tertiary/aromatic N) is 5. The summed E-state index contributed by atoms with van der Waals surface area (Å²) in [4.78, 5) is 36.3. The summed E-state index contributed by atoms with van der Waals surface area (Å²) in [6.07, 6.45) is 3.36. The number of aromatic nitrogens is 4. The summed E-state index contributed by atoms with van der Waals surface area (Å²) in [5.74, 6) is 3.24. The van der Waals surface area contributed by atoms with Gasteiger partial charge in [0.05, 0.1) is 45.4 Å². The molecule has 2 aliphatic rings. The molecule has 0 saturated heterocycles. The van der Waals surface area contributed by atoms with Crippen LogP contribution >= 0.6 is 36.4 Å². The van der Waals surface area contributed by atoms with Gasteiger partial charge in [-0.15, -0.1) is 21.5 Å². The van der Waals surface area contributed by atoms with Gasteiger partial charge in [-0.2, -0.15) is 13.5 Å². The van der Waals surface area contributed by atoms with Gasteiger partial charge in [0, 0.05) is 65.0 Å². The van der Waals surface area contributed by atoms with Crippen LogP contribution in [0.3, 0.4) is 0 Å².